The number of nitrogens with two attached hydrogens (primary N) is 1. The molecule has 0 aromatic heterocycles. The summed E-state index contributed by atoms with van der Waals surface area (Å²) in [5, 5.41) is 10.6. The summed E-state index contributed by atoms with van der Waals surface area (Å²) >= 11 is 0. The molecule has 0 bridgehead atoms. The highest BCUT2D eigenvalue weighted by Crippen LogP contribution is 1.82. The molecular formula is C4H7N4+. The van der Waals surface area contributed by atoms with Gasteiger partial charge in [0.05, 0.1) is 6.21 Å². The summed E-state index contributed by atoms with van der Waals surface area (Å²) < 4.78 is 1.33. The van der Waals surface area contributed by atoms with E-state index in [-0.39, 0.29) is 5.96 Å². The summed E-state index contributed by atoms with van der Waals surface area (Å²) in [5.74, 6) is -0.0289. The second-order valence-electron chi connectivity index (χ2n) is 1.45. The third-order valence-electron chi connectivity index (χ3n) is 0.837. The van der Waals surface area contributed by atoms with Gasteiger partial charge >= 0.3 is 5.96 Å². The Kier molecular flexibility index (Phi) is 1.07. The van der Waals surface area contributed by atoms with Gasteiger partial charge in [0.2, 0.25) is 0 Å². The number of guanidine groups is 1. The molecule has 0 unspecified atom stereocenters. The molecule has 0 saturated carbocycles. The van der Waals surface area contributed by atoms with Crippen molar-refractivity contribution < 1.29 is 4.68 Å². The van der Waals surface area contributed by atoms with Crippen LogP contribution in [0.15, 0.2) is 5.10 Å². The maximum absolute atomic E-state index is 6.85. The summed E-state index contributed by atoms with van der Waals surface area (Å²) in [6.45, 7) is 0. The maximum atomic E-state index is 6.85. The van der Waals surface area contributed by atoms with Crippen LogP contribution in [0.4, 0.5) is 0 Å². The van der Waals surface area contributed by atoms with E-state index in [1.54, 1.807) is 12.4 Å². The molecule has 42 valence electrons. The highest BCUT2D eigenvalue weighted by molar-refractivity contribution is 5.83. The molecule has 3 N–H and O–H groups in total. The minimum absolute atomic E-state index is 0.0289. The van der Waals surface area contributed by atoms with E-state index < -0.39 is 0 Å². The van der Waals surface area contributed by atoms with Crippen LogP contribution in [0.3, 0.4) is 0 Å². The Morgan fingerprint density at radius 2 is 2.62 bits per heavy atom. The Hall–Kier alpha value is -1.19. The van der Waals surface area contributed by atoms with Gasteiger partial charge in [-0.2, -0.15) is 0 Å². The average Bonchev–Trinajstić information content (AvgIpc) is 2.12. The Morgan fingerprint density at radius 1 is 1.88 bits per heavy atom. The fraction of sp³-hybridized carbons (Fsp3) is 0.250. The van der Waals surface area contributed by atoms with Crippen LogP contribution in [0.5, 0.6) is 0 Å². The lowest BCUT2D eigenvalue weighted by Crippen LogP contribution is -2.22. The van der Waals surface area contributed by atoms with E-state index in [9.17, 15) is 0 Å². The highest BCUT2D eigenvalue weighted by atomic mass is 15.4. The van der Waals surface area contributed by atoms with Gasteiger partial charge in [-0.05, 0) is 0 Å². The maximum Gasteiger partial charge on any atom is 0.405 e. The number of nitrogens with one attached hydrogen (secondary N) is 1. The second kappa shape index (κ2) is 1.73. The number of hydrogen-bond acceptors (Lipinski definition) is 2. The van der Waals surface area contributed by atoms with Crippen LogP contribution in [-0.2, 0) is 0 Å². The van der Waals surface area contributed by atoms with Gasteiger partial charge in [-0.3, -0.25) is 5.73 Å². The van der Waals surface area contributed by atoms with Crippen LogP contribution in [-0.4, -0.2) is 23.1 Å². The molecule has 0 atom stereocenters. The molecule has 0 saturated heterocycles. The molecule has 1 aliphatic rings. The molecule has 0 spiro atoms. The minimum atomic E-state index is -0.0289. The first-order valence-electron chi connectivity index (χ1n) is 2.30. The molecular weight excluding hydrogens is 104 g/mol. The number of nitrogens with zero attached hydrogens (tertiary/aromatic N) is 2. The first-order valence-corrected chi connectivity index (χ1v) is 2.30. The van der Waals surface area contributed by atoms with E-state index in [0.717, 1.165) is 6.42 Å². The van der Waals surface area contributed by atoms with Crippen LogP contribution in [0.2, 0.25) is 0 Å². The molecule has 1 rings (SSSR count). The van der Waals surface area contributed by atoms with Gasteiger partial charge in [-0.1, -0.05) is 0 Å². The molecule has 4 nitrogen and oxygen atoms in total. The smallest absolute Gasteiger partial charge is 0.286 e. The van der Waals surface area contributed by atoms with Gasteiger partial charge < -0.3 is 0 Å². The third kappa shape index (κ3) is 0.726. The van der Waals surface area contributed by atoms with Crippen molar-refractivity contribution in [3.05, 3.63) is 0 Å². The van der Waals surface area contributed by atoms with Gasteiger partial charge in [0.25, 0.3) is 0 Å². The molecule has 1 heterocycles. The van der Waals surface area contributed by atoms with E-state index in [0.29, 0.717) is 0 Å². The van der Waals surface area contributed by atoms with Gasteiger partial charge in [0, 0.05) is 12.6 Å². The quantitative estimate of drug-likeness (QED) is 0.243. The second-order valence-corrected chi connectivity index (χ2v) is 1.45. The summed E-state index contributed by atoms with van der Waals surface area (Å²) in [7, 11) is 0. The molecule has 0 radical (unpaired) electrons. The predicted octanol–water partition coefficient (Wildman–Crippen LogP) is -0.647. The van der Waals surface area contributed by atoms with Gasteiger partial charge in [-0.25, -0.2) is 0 Å². The Labute approximate surface area is 46.8 Å². The molecule has 0 aromatic carbocycles. The first-order chi connectivity index (χ1) is 3.80. The summed E-state index contributed by atoms with van der Waals surface area (Å²) in [6, 6.07) is 0. The summed E-state index contributed by atoms with van der Waals surface area (Å²) in [4.78, 5) is 0. The lowest BCUT2D eigenvalue weighted by molar-refractivity contribution is -0.407. The van der Waals surface area contributed by atoms with Crippen molar-refractivity contribution in [1.29, 1.82) is 5.41 Å². The van der Waals surface area contributed by atoms with Crippen molar-refractivity contribution in [2.24, 2.45) is 10.8 Å². The zero-order chi connectivity index (χ0) is 5.98. The van der Waals surface area contributed by atoms with Crippen LogP contribution in [0, 0.1) is 5.41 Å². The molecule has 4 heteroatoms. The SMILES string of the molecule is N=C(N)[N+]1=CCC=N1. The van der Waals surface area contributed by atoms with Crippen LogP contribution < -0.4 is 5.73 Å². The molecule has 0 aliphatic carbocycles. The highest BCUT2D eigenvalue weighted by Gasteiger charge is 2.04. The predicted molar refractivity (Wildman–Crippen MR) is 31.3 cm³/mol. The van der Waals surface area contributed by atoms with Crippen molar-refractivity contribution in [1.82, 2.24) is 0 Å². The van der Waals surface area contributed by atoms with Crippen LogP contribution >= 0.6 is 0 Å². The van der Waals surface area contributed by atoms with Crippen LogP contribution in [0.25, 0.3) is 0 Å². The Balaban J connectivity index is 2.72. The molecule has 0 amide bonds. The molecule has 8 heavy (non-hydrogen) atoms. The molecule has 1 aliphatic heterocycles. The molecule has 0 aromatic rings. The van der Waals surface area contributed by atoms with Crippen molar-refractivity contribution in [2.75, 3.05) is 0 Å². The minimum Gasteiger partial charge on any atom is -0.286 e. The average molecular weight is 111 g/mol. The van der Waals surface area contributed by atoms with E-state index >= 15 is 0 Å². The van der Waals surface area contributed by atoms with Crippen LogP contribution in [0.1, 0.15) is 6.42 Å². The van der Waals surface area contributed by atoms with Gasteiger partial charge in [0.15, 0.2) is 0 Å². The number of hydrazone groups is 1. The van der Waals surface area contributed by atoms with Crippen molar-refractivity contribution in [3.63, 3.8) is 0 Å². The zero-order valence-corrected chi connectivity index (χ0v) is 4.33. The zero-order valence-electron chi connectivity index (χ0n) is 4.33. The van der Waals surface area contributed by atoms with E-state index in [1.165, 1.54) is 4.68 Å². The van der Waals surface area contributed by atoms with Gasteiger partial charge in [-0.15, -0.1) is 15.2 Å². The topological polar surface area (TPSA) is 65.2 Å². The Bertz CT molecular complexity index is 167. The van der Waals surface area contributed by atoms with Crippen molar-refractivity contribution in [2.45, 2.75) is 6.42 Å². The van der Waals surface area contributed by atoms with E-state index in [4.69, 9.17) is 11.1 Å². The van der Waals surface area contributed by atoms with E-state index in [2.05, 4.69) is 5.10 Å². The first kappa shape index (κ1) is 4.96. The molecule has 0 fully saturated rings. The fourth-order valence-corrected chi connectivity index (χ4v) is 0.490. The fourth-order valence-electron chi connectivity index (χ4n) is 0.490. The lowest BCUT2D eigenvalue weighted by atomic mass is 10.5. The number of rotatable bonds is 0. The normalized spacial score (nSPS) is 16.2. The van der Waals surface area contributed by atoms with Crippen molar-refractivity contribution in [3.8, 4) is 0 Å². The Morgan fingerprint density at radius 3 is 2.88 bits per heavy atom. The van der Waals surface area contributed by atoms with Gasteiger partial charge in [0.1, 0.15) is 0 Å². The third-order valence-corrected chi connectivity index (χ3v) is 0.837. The standard InChI is InChI=1S/C4H7N4/c5-4(6)8-3-1-2-7-8/h2-3H,1H2,(H3,5,6)/q+1. The van der Waals surface area contributed by atoms with E-state index in [1.807, 2.05) is 0 Å². The number of hydrogen-bond donors (Lipinski definition) is 2. The lowest BCUT2D eigenvalue weighted by Gasteiger charge is -1.84. The largest absolute Gasteiger partial charge is 0.405 e. The van der Waals surface area contributed by atoms with Crippen molar-refractivity contribution >= 4 is 18.4 Å². The summed E-state index contributed by atoms with van der Waals surface area (Å²) in [5.41, 5.74) is 5.06. The summed E-state index contributed by atoms with van der Waals surface area (Å²) in [6.07, 6.45) is 4.21. The monoisotopic (exact) mass is 111 g/mol.